The summed E-state index contributed by atoms with van der Waals surface area (Å²) in [5.74, 6) is -0.460. The Balaban J connectivity index is 2.02. The second-order valence-corrected chi connectivity index (χ2v) is 13.0. The van der Waals surface area contributed by atoms with E-state index >= 15 is 0 Å². The number of hydrogen-bond acceptors (Lipinski definition) is 4. The Labute approximate surface area is 245 Å². The fourth-order valence-corrected chi connectivity index (χ4v) is 5.88. The van der Waals surface area contributed by atoms with Crippen LogP contribution < -0.4 is 9.62 Å². The number of hydrogen-bond donors (Lipinski definition) is 1. The van der Waals surface area contributed by atoms with Crippen LogP contribution >= 0.6 is 22.6 Å². The van der Waals surface area contributed by atoms with Gasteiger partial charge in [0.05, 0.1) is 10.6 Å². The Bertz CT molecular complexity index is 1350. The molecule has 1 atom stereocenters. The van der Waals surface area contributed by atoms with Gasteiger partial charge >= 0.3 is 0 Å². The number of aryl methyl sites for hydroxylation is 1. The summed E-state index contributed by atoms with van der Waals surface area (Å²) in [5, 5.41) is 2.95. The van der Waals surface area contributed by atoms with Crippen molar-refractivity contribution < 1.29 is 18.0 Å². The zero-order valence-electron chi connectivity index (χ0n) is 22.8. The maximum Gasteiger partial charge on any atom is 0.264 e. The summed E-state index contributed by atoms with van der Waals surface area (Å²) in [7, 11) is -4.07. The van der Waals surface area contributed by atoms with E-state index < -0.39 is 28.5 Å². The average Bonchev–Trinajstić information content (AvgIpc) is 2.92. The Hall–Kier alpha value is -2.92. The molecule has 0 unspecified atom stereocenters. The van der Waals surface area contributed by atoms with Crippen molar-refractivity contribution in [3.8, 4) is 0 Å². The van der Waals surface area contributed by atoms with E-state index in [2.05, 4.69) is 27.9 Å². The summed E-state index contributed by atoms with van der Waals surface area (Å²) in [6.07, 6.45) is 0.385. The lowest BCUT2D eigenvalue weighted by molar-refractivity contribution is -0.140. The fraction of sp³-hybridized carbons (Fsp3) is 0.333. The number of nitrogens with zero attached hydrogens (tertiary/aromatic N) is 2. The van der Waals surface area contributed by atoms with Crippen molar-refractivity contribution in [2.75, 3.05) is 17.4 Å². The van der Waals surface area contributed by atoms with Crippen molar-refractivity contribution in [2.45, 2.75) is 51.6 Å². The van der Waals surface area contributed by atoms with E-state index in [4.69, 9.17) is 0 Å². The number of amides is 2. The Morgan fingerprint density at radius 1 is 0.923 bits per heavy atom. The minimum atomic E-state index is -4.07. The average molecular weight is 662 g/mol. The van der Waals surface area contributed by atoms with Crippen LogP contribution in [-0.2, 0) is 26.2 Å². The van der Waals surface area contributed by atoms with Gasteiger partial charge in [0.15, 0.2) is 0 Å². The zero-order chi connectivity index (χ0) is 28.6. The molecule has 0 heterocycles. The lowest BCUT2D eigenvalue weighted by Crippen LogP contribution is -2.52. The number of nitrogens with one attached hydrogen (secondary N) is 1. The largest absolute Gasteiger partial charge is 0.354 e. The molecule has 3 aromatic rings. The molecule has 0 spiro atoms. The van der Waals surface area contributed by atoms with Gasteiger partial charge in [0.25, 0.3) is 10.0 Å². The van der Waals surface area contributed by atoms with Crippen LogP contribution in [0.3, 0.4) is 0 Å². The second kappa shape index (κ2) is 13.9. The van der Waals surface area contributed by atoms with Crippen molar-refractivity contribution in [2.24, 2.45) is 5.92 Å². The predicted octanol–water partition coefficient (Wildman–Crippen LogP) is 5.37. The fourth-order valence-electron chi connectivity index (χ4n) is 4.09. The van der Waals surface area contributed by atoms with E-state index in [1.807, 2.05) is 52.0 Å². The van der Waals surface area contributed by atoms with E-state index in [0.717, 1.165) is 19.0 Å². The van der Waals surface area contributed by atoms with Crippen LogP contribution in [0.25, 0.3) is 0 Å². The molecule has 39 heavy (non-hydrogen) atoms. The quantitative estimate of drug-likeness (QED) is 0.265. The lowest BCUT2D eigenvalue weighted by Gasteiger charge is -2.33. The molecule has 0 aliphatic heterocycles. The highest BCUT2D eigenvalue weighted by atomic mass is 127. The lowest BCUT2D eigenvalue weighted by atomic mass is 10.1. The highest BCUT2D eigenvalue weighted by Crippen LogP contribution is 2.25. The molecular weight excluding hydrogens is 625 g/mol. The number of carbonyl (C=O) groups is 2. The van der Waals surface area contributed by atoms with Gasteiger partial charge in [-0.15, -0.1) is 0 Å². The SMILES string of the molecule is CC[C@@H](C(=O)NCC(C)C)N(Cc1ccc(C)cc1)C(=O)CN(c1ccc(I)cc1)S(=O)(=O)c1ccccc1. The Morgan fingerprint density at radius 3 is 2.10 bits per heavy atom. The number of carbonyl (C=O) groups excluding carboxylic acids is 2. The molecular formula is C30H36IN3O4S. The number of sulfonamides is 1. The molecule has 3 rings (SSSR count). The third kappa shape index (κ3) is 8.28. The van der Waals surface area contributed by atoms with Gasteiger partial charge in [-0.1, -0.05) is 68.8 Å². The van der Waals surface area contributed by atoms with Gasteiger partial charge in [-0.05, 0) is 83.8 Å². The summed E-state index contributed by atoms with van der Waals surface area (Å²) in [4.78, 5) is 28.9. The summed E-state index contributed by atoms with van der Waals surface area (Å²) >= 11 is 2.15. The number of anilines is 1. The van der Waals surface area contributed by atoms with Crippen LogP contribution in [0.2, 0.25) is 0 Å². The smallest absolute Gasteiger partial charge is 0.264 e. The van der Waals surface area contributed by atoms with Crippen molar-refractivity contribution >= 4 is 50.1 Å². The standard InChI is InChI=1S/C30H36IN3O4S/c1-5-28(30(36)32-19-22(2)3)33(20-24-13-11-23(4)12-14-24)29(35)21-34(26-17-15-25(31)16-18-26)39(37,38)27-9-7-6-8-10-27/h6-18,22,28H,5,19-21H2,1-4H3,(H,32,36)/t28-/m0/s1. The van der Waals surface area contributed by atoms with Gasteiger partial charge in [-0.3, -0.25) is 13.9 Å². The first-order valence-corrected chi connectivity index (χ1v) is 15.5. The molecule has 208 valence electrons. The van der Waals surface area contributed by atoms with E-state index in [1.54, 1.807) is 42.5 Å². The third-order valence-corrected chi connectivity index (χ3v) is 8.78. The molecule has 0 radical (unpaired) electrons. The molecule has 2 amide bonds. The minimum Gasteiger partial charge on any atom is -0.354 e. The number of halogens is 1. The Kier molecular flexibility index (Phi) is 10.9. The zero-order valence-corrected chi connectivity index (χ0v) is 25.8. The van der Waals surface area contributed by atoms with Crippen LogP contribution in [0.5, 0.6) is 0 Å². The molecule has 0 saturated heterocycles. The van der Waals surface area contributed by atoms with Crippen LogP contribution in [0.1, 0.15) is 38.3 Å². The van der Waals surface area contributed by atoms with Crippen LogP contribution in [0, 0.1) is 16.4 Å². The first-order chi connectivity index (χ1) is 18.5. The van der Waals surface area contributed by atoms with Crippen LogP contribution in [0.4, 0.5) is 5.69 Å². The van der Waals surface area contributed by atoms with E-state index in [1.165, 1.54) is 17.0 Å². The van der Waals surface area contributed by atoms with Gasteiger partial charge in [-0.25, -0.2) is 8.42 Å². The van der Waals surface area contributed by atoms with Gasteiger partial charge in [0.1, 0.15) is 12.6 Å². The molecule has 0 aliphatic rings. The normalized spacial score (nSPS) is 12.2. The molecule has 0 fully saturated rings. The minimum absolute atomic E-state index is 0.0863. The monoisotopic (exact) mass is 661 g/mol. The van der Waals surface area contributed by atoms with Crippen molar-refractivity contribution in [1.82, 2.24) is 10.2 Å². The summed E-state index contributed by atoms with van der Waals surface area (Å²) in [6.45, 7) is 8.06. The van der Waals surface area contributed by atoms with Gasteiger partial charge in [-0.2, -0.15) is 0 Å². The molecule has 7 nitrogen and oxygen atoms in total. The van der Waals surface area contributed by atoms with Gasteiger partial charge in [0, 0.05) is 16.7 Å². The highest BCUT2D eigenvalue weighted by molar-refractivity contribution is 14.1. The first kappa shape index (κ1) is 30.6. The van der Waals surface area contributed by atoms with Crippen molar-refractivity contribution in [1.29, 1.82) is 0 Å². The van der Waals surface area contributed by atoms with Crippen LogP contribution in [-0.4, -0.2) is 44.3 Å². The van der Waals surface area contributed by atoms with Crippen LogP contribution in [0.15, 0.2) is 83.8 Å². The van der Waals surface area contributed by atoms with E-state index in [0.29, 0.717) is 18.7 Å². The summed E-state index contributed by atoms with van der Waals surface area (Å²) in [5.41, 5.74) is 2.31. The van der Waals surface area contributed by atoms with Crippen molar-refractivity contribution in [3.63, 3.8) is 0 Å². The van der Waals surface area contributed by atoms with Gasteiger partial charge < -0.3 is 10.2 Å². The molecule has 3 aromatic carbocycles. The maximum atomic E-state index is 14.0. The summed E-state index contributed by atoms with van der Waals surface area (Å²) < 4.78 is 29.7. The van der Waals surface area contributed by atoms with E-state index in [9.17, 15) is 18.0 Å². The molecule has 9 heteroatoms. The Morgan fingerprint density at radius 2 is 1.54 bits per heavy atom. The summed E-state index contributed by atoms with van der Waals surface area (Å²) in [6, 6.07) is 22.0. The van der Waals surface area contributed by atoms with E-state index in [-0.39, 0.29) is 23.3 Å². The topological polar surface area (TPSA) is 86.8 Å². The second-order valence-electron chi connectivity index (χ2n) is 9.87. The molecule has 1 N–H and O–H groups in total. The highest BCUT2D eigenvalue weighted by Gasteiger charge is 2.33. The maximum absolute atomic E-state index is 14.0. The molecule has 0 bridgehead atoms. The third-order valence-electron chi connectivity index (χ3n) is 6.27. The molecule has 0 aliphatic carbocycles. The number of rotatable bonds is 12. The van der Waals surface area contributed by atoms with Crippen molar-refractivity contribution in [3.05, 3.63) is 93.6 Å². The predicted molar refractivity (Wildman–Crippen MR) is 164 cm³/mol. The molecule has 0 aromatic heterocycles. The number of benzene rings is 3. The van der Waals surface area contributed by atoms with Gasteiger partial charge in [0.2, 0.25) is 11.8 Å². The first-order valence-electron chi connectivity index (χ1n) is 13.0. The molecule has 0 saturated carbocycles.